The molecule has 5 nitrogen and oxygen atoms in total. The SMILES string of the molecule is CCO[C@@H]1OC(C(=O)NC2CC3CCC2C3)=C[C@H](C2CCCCC2)[C@@H]1CCCO. The third-order valence-electron chi connectivity index (χ3n) is 7.93. The maximum absolute atomic E-state index is 13.1. The van der Waals surface area contributed by atoms with Gasteiger partial charge in [0.2, 0.25) is 6.29 Å². The van der Waals surface area contributed by atoms with Crippen LogP contribution in [-0.4, -0.2) is 36.6 Å². The van der Waals surface area contributed by atoms with Crippen molar-refractivity contribution in [3.8, 4) is 0 Å². The first-order valence-electron chi connectivity index (χ1n) is 12.1. The number of aliphatic hydroxyl groups is 1. The van der Waals surface area contributed by atoms with Gasteiger partial charge in [-0.05, 0) is 81.6 Å². The van der Waals surface area contributed by atoms with Crippen molar-refractivity contribution in [3.63, 3.8) is 0 Å². The van der Waals surface area contributed by atoms with Crippen molar-refractivity contribution in [2.24, 2.45) is 29.6 Å². The summed E-state index contributed by atoms with van der Waals surface area (Å²) in [6.07, 6.45) is 14.7. The molecule has 3 saturated carbocycles. The minimum absolute atomic E-state index is 0.0475. The number of fused-ring (bicyclic) bond motifs is 2. The molecule has 3 aliphatic carbocycles. The molecular formula is C24H39NO4. The summed E-state index contributed by atoms with van der Waals surface area (Å²) in [6.45, 7) is 2.74. The van der Waals surface area contributed by atoms with Crippen LogP contribution in [0.5, 0.6) is 0 Å². The molecule has 0 spiro atoms. The molecule has 6 atom stereocenters. The summed E-state index contributed by atoms with van der Waals surface area (Å²) < 4.78 is 12.1. The third kappa shape index (κ3) is 4.82. The summed E-state index contributed by atoms with van der Waals surface area (Å²) >= 11 is 0. The van der Waals surface area contributed by atoms with Crippen LogP contribution in [0.1, 0.15) is 77.6 Å². The third-order valence-corrected chi connectivity index (χ3v) is 7.93. The summed E-state index contributed by atoms with van der Waals surface area (Å²) in [5.74, 6) is 2.99. The number of carbonyl (C=O) groups excluding carboxylic acids is 1. The molecule has 29 heavy (non-hydrogen) atoms. The van der Waals surface area contributed by atoms with E-state index < -0.39 is 0 Å². The number of rotatable bonds is 8. The van der Waals surface area contributed by atoms with Gasteiger partial charge in [0, 0.05) is 25.2 Å². The van der Waals surface area contributed by atoms with E-state index in [4.69, 9.17) is 9.47 Å². The second kappa shape index (κ2) is 9.82. The predicted molar refractivity (Wildman–Crippen MR) is 112 cm³/mol. The molecule has 2 bridgehead atoms. The summed E-state index contributed by atoms with van der Waals surface area (Å²) in [6, 6.07) is 0.316. The molecule has 1 aliphatic heterocycles. The molecule has 3 unspecified atom stereocenters. The Morgan fingerprint density at radius 2 is 2.00 bits per heavy atom. The molecule has 0 radical (unpaired) electrons. The largest absolute Gasteiger partial charge is 0.459 e. The Morgan fingerprint density at radius 3 is 2.66 bits per heavy atom. The van der Waals surface area contributed by atoms with Crippen molar-refractivity contribution >= 4 is 5.91 Å². The zero-order valence-corrected chi connectivity index (χ0v) is 18.0. The van der Waals surface area contributed by atoms with E-state index in [0.717, 1.165) is 25.2 Å². The molecule has 3 fully saturated rings. The van der Waals surface area contributed by atoms with Crippen LogP contribution < -0.4 is 5.32 Å². The first-order valence-corrected chi connectivity index (χ1v) is 12.1. The Morgan fingerprint density at radius 1 is 1.17 bits per heavy atom. The Kier molecular flexibility index (Phi) is 7.17. The molecule has 0 aromatic carbocycles. The number of allylic oxidation sites excluding steroid dienone is 1. The van der Waals surface area contributed by atoms with Gasteiger partial charge in [-0.25, -0.2) is 0 Å². The number of aliphatic hydroxyl groups excluding tert-OH is 1. The average molecular weight is 406 g/mol. The van der Waals surface area contributed by atoms with Gasteiger partial charge in [0.1, 0.15) is 0 Å². The van der Waals surface area contributed by atoms with Crippen LogP contribution in [0.2, 0.25) is 0 Å². The van der Waals surface area contributed by atoms with Gasteiger partial charge in [-0.15, -0.1) is 0 Å². The molecule has 0 saturated heterocycles. The minimum Gasteiger partial charge on any atom is -0.459 e. The van der Waals surface area contributed by atoms with Gasteiger partial charge in [0.05, 0.1) is 0 Å². The lowest BCUT2D eigenvalue weighted by Crippen LogP contribution is -2.45. The van der Waals surface area contributed by atoms with E-state index in [1.54, 1.807) is 0 Å². The van der Waals surface area contributed by atoms with Crippen LogP contribution in [0.15, 0.2) is 11.8 Å². The van der Waals surface area contributed by atoms with Gasteiger partial charge in [-0.2, -0.15) is 0 Å². The van der Waals surface area contributed by atoms with E-state index in [-0.39, 0.29) is 24.7 Å². The van der Waals surface area contributed by atoms with Crippen molar-refractivity contribution in [1.82, 2.24) is 5.32 Å². The van der Waals surface area contributed by atoms with Gasteiger partial charge in [0.15, 0.2) is 5.76 Å². The van der Waals surface area contributed by atoms with E-state index in [2.05, 4.69) is 11.4 Å². The van der Waals surface area contributed by atoms with Gasteiger partial charge in [0.25, 0.3) is 5.91 Å². The quantitative estimate of drug-likeness (QED) is 0.636. The maximum atomic E-state index is 13.1. The van der Waals surface area contributed by atoms with E-state index in [0.29, 0.717) is 36.2 Å². The topological polar surface area (TPSA) is 67.8 Å². The molecule has 5 heteroatoms. The molecule has 1 amide bonds. The van der Waals surface area contributed by atoms with Crippen LogP contribution in [-0.2, 0) is 14.3 Å². The number of ether oxygens (including phenoxy) is 2. The van der Waals surface area contributed by atoms with Crippen LogP contribution in [0.4, 0.5) is 0 Å². The van der Waals surface area contributed by atoms with Gasteiger partial charge >= 0.3 is 0 Å². The van der Waals surface area contributed by atoms with Crippen molar-refractivity contribution in [1.29, 1.82) is 0 Å². The lowest BCUT2D eigenvalue weighted by atomic mass is 9.71. The molecule has 4 aliphatic rings. The summed E-state index contributed by atoms with van der Waals surface area (Å²) in [5, 5.41) is 12.7. The van der Waals surface area contributed by atoms with Crippen molar-refractivity contribution in [2.75, 3.05) is 13.2 Å². The molecule has 4 rings (SSSR count). The Bertz CT molecular complexity index is 585. The molecule has 0 aromatic rings. The van der Waals surface area contributed by atoms with Crippen LogP contribution >= 0.6 is 0 Å². The summed E-state index contributed by atoms with van der Waals surface area (Å²) in [7, 11) is 0. The Labute approximate surface area is 175 Å². The number of carbonyl (C=O) groups is 1. The average Bonchev–Trinajstić information content (AvgIpc) is 3.36. The number of hydrogen-bond acceptors (Lipinski definition) is 4. The van der Waals surface area contributed by atoms with E-state index in [9.17, 15) is 9.90 Å². The maximum Gasteiger partial charge on any atom is 0.286 e. The minimum atomic E-state index is -0.385. The van der Waals surface area contributed by atoms with Crippen molar-refractivity contribution in [3.05, 3.63) is 11.8 Å². The lowest BCUT2D eigenvalue weighted by molar-refractivity contribution is -0.177. The molecule has 164 valence electrons. The zero-order valence-electron chi connectivity index (χ0n) is 18.0. The summed E-state index contributed by atoms with van der Waals surface area (Å²) in [5.41, 5.74) is 0. The van der Waals surface area contributed by atoms with Crippen LogP contribution in [0.25, 0.3) is 0 Å². The fourth-order valence-corrected chi connectivity index (χ4v) is 6.50. The Balaban J connectivity index is 1.51. The smallest absolute Gasteiger partial charge is 0.286 e. The van der Waals surface area contributed by atoms with E-state index in [1.165, 1.54) is 51.4 Å². The predicted octanol–water partition coefficient (Wildman–Crippen LogP) is 4.15. The first kappa shape index (κ1) is 21.2. The highest BCUT2D eigenvalue weighted by atomic mass is 16.7. The van der Waals surface area contributed by atoms with E-state index in [1.807, 2.05) is 6.92 Å². The lowest BCUT2D eigenvalue weighted by Gasteiger charge is -2.41. The second-order valence-electron chi connectivity index (χ2n) is 9.73. The number of hydrogen-bond donors (Lipinski definition) is 2. The van der Waals surface area contributed by atoms with Gasteiger partial charge < -0.3 is 19.9 Å². The molecule has 2 N–H and O–H groups in total. The highest BCUT2D eigenvalue weighted by Gasteiger charge is 2.43. The number of nitrogens with one attached hydrogen (secondary N) is 1. The van der Waals surface area contributed by atoms with Gasteiger partial charge in [-0.3, -0.25) is 4.79 Å². The van der Waals surface area contributed by atoms with Crippen LogP contribution in [0.3, 0.4) is 0 Å². The molecular weight excluding hydrogens is 366 g/mol. The van der Waals surface area contributed by atoms with Crippen LogP contribution in [0, 0.1) is 29.6 Å². The van der Waals surface area contributed by atoms with Crippen molar-refractivity contribution in [2.45, 2.75) is 89.9 Å². The standard InChI is InChI=1S/C24H39NO4/c1-2-28-24-19(9-6-12-26)20(17-7-4-3-5-8-17)15-22(29-24)23(27)25-21-14-16-10-11-18(21)13-16/h15-21,24,26H,2-14H2,1H3,(H,25,27)/t16?,18?,19-,20+,21?,24+/m0/s1. The zero-order chi connectivity index (χ0) is 20.2. The molecule has 1 heterocycles. The van der Waals surface area contributed by atoms with Crippen molar-refractivity contribution < 1.29 is 19.4 Å². The van der Waals surface area contributed by atoms with E-state index >= 15 is 0 Å². The number of amides is 1. The normalized spacial score (nSPS) is 37.2. The Hall–Kier alpha value is -1.07. The highest BCUT2D eigenvalue weighted by molar-refractivity contribution is 5.91. The fraction of sp³-hybridized carbons (Fsp3) is 0.875. The fourth-order valence-electron chi connectivity index (χ4n) is 6.50. The highest BCUT2D eigenvalue weighted by Crippen LogP contribution is 2.45. The molecule has 0 aromatic heterocycles. The second-order valence-corrected chi connectivity index (χ2v) is 9.73. The monoisotopic (exact) mass is 405 g/mol. The summed E-state index contributed by atoms with van der Waals surface area (Å²) in [4.78, 5) is 13.1. The van der Waals surface area contributed by atoms with Gasteiger partial charge in [-0.1, -0.05) is 25.7 Å². The first-order chi connectivity index (χ1) is 14.2.